The number of nitrogens with one attached hydrogen (secondary N) is 1. The van der Waals surface area contributed by atoms with Gasteiger partial charge in [0.2, 0.25) is 0 Å². The molecule has 7 heteroatoms. The number of aliphatic carboxylic acids is 1. The molecule has 0 aliphatic heterocycles. The second-order valence-corrected chi connectivity index (χ2v) is 9.02. The number of aromatic nitrogens is 2. The Morgan fingerprint density at radius 3 is 2.60 bits per heavy atom. The molecular formula is C28H28N4O3. The van der Waals surface area contributed by atoms with Crippen molar-refractivity contribution in [1.82, 2.24) is 9.78 Å². The molecule has 4 aromatic rings. The fourth-order valence-corrected chi connectivity index (χ4v) is 4.89. The molecule has 1 saturated carbocycles. The van der Waals surface area contributed by atoms with Crippen molar-refractivity contribution in [2.45, 2.75) is 44.8 Å². The summed E-state index contributed by atoms with van der Waals surface area (Å²) in [4.78, 5) is 11.3. The maximum atomic E-state index is 11.3. The van der Waals surface area contributed by atoms with E-state index in [2.05, 4.69) is 10.7 Å². The summed E-state index contributed by atoms with van der Waals surface area (Å²) in [5.41, 5.74) is 10.9. The zero-order valence-electron chi connectivity index (χ0n) is 19.4. The van der Waals surface area contributed by atoms with E-state index in [1.807, 2.05) is 54.6 Å². The smallest absolute Gasteiger partial charge is 0.307 e. The highest BCUT2D eigenvalue weighted by Gasteiger charge is 2.23. The lowest BCUT2D eigenvalue weighted by molar-refractivity contribution is -0.136. The molecule has 35 heavy (non-hydrogen) atoms. The van der Waals surface area contributed by atoms with Gasteiger partial charge in [0.05, 0.1) is 23.7 Å². The Labute approximate surface area is 203 Å². The predicted molar refractivity (Wildman–Crippen MR) is 136 cm³/mol. The summed E-state index contributed by atoms with van der Waals surface area (Å²) in [6.07, 6.45) is 4.46. The average Bonchev–Trinajstić information content (AvgIpc) is 3.51. The fourth-order valence-electron chi connectivity index (χ4n) is 4.89. The lowest BCUT2D eigenvalue weighted by Crippen LogP contribution is -2.13. The number of para-hydroxylation sites is 1. The number of carboxylic acids is 1. The summed E-state index contributed by atoms with van der Waals surface area (Å²) in [6, 6.07) is 21.5. The maximum Gasteiger partial charge on any atom is 0.307 e. The number of carbonyl (C=O) groups is 1. The van der Waals surface area contributed by atoms with Crippen LogP contribution in [0.2, 0.25) is 0 Å². The van der Waals surface area contributed by atoms with Gasteiger partial charge in [-0.2, -0.15) is 5.10 Å². The van der Waals surface area contributed by atoms with Crippen LogP contribution in [0.15, 0.2) is 66.7 Å². The van der Waals surface area contributed by atoms with Crippen molar-refractivity contribution >= 4 is 22.7 Å². The number of nitrogens with zero attached hydrogens (tertiary/aromatic N) is 2. The first-order valence-electron chi connectivity index (χ1n) is 11.9. The molecule has 0 amide bonds. The first-order chi connectivity index (χ1) is 17.0. The Morgan fingerprint density at radius 1 is 1.06 bits per heavy atom. The number of carboxylic acid groups (broad SMARTS) is 1. The molecule has 1 aliphatic carbocycles. The predicted octanol–water partition coefficient (Wildman–Crippen LogP) is 5.31. The summed E-state index contributed by atoms with van der Waals surface area (Å²) in [7, 11) is 0. The molecule has 0 unspecified atom stereocenters. The fraction of sp³-hybridized carbons (Fsp3) is 0.250. The van der Waals surface area contributed by atoms with Crippen LogP contribution in [-0.4, -0.2) is 26.7 Å². The van der Waals surface area contributed by atoms with Crippen LogP contribution in [0.5, 0.6) is 5.75 Å². The van der Waals surface area contributed by atoms with Gasteiger partial charge in [-0.3, -0.25) is 14.9 Å². The van der Waals surface area contributed by atoms with E-state index in [1.54, 1.807) is 6.07 Å². The van der Waals surface area contributed by atoms with E-state index in [-0.39, 0.29) is 12.3 Å². The Balaban J connectivity index is 1.55. The number of nitrogen functional groups attached to an aromatic ring is 1. The van der Waals surface area contributed by atoms with Gasteiger partial charge in [0.15, 0.2) is 0 Å². The van der Waals surface area contributed by atoms with Gasteiger partial charge in [-0.05, 0) is 48.2 Å². The molecule has 1 heterocycles. The molecule has 178 valence electrons. The zero-order chi connectivity index (χ0) is 24.4. The van der Waals surface area contributed by atoms with E-state index in [4.69, 9.17) is 21.0 Å². The molecular weight excluding hydrogens is 440 g/mol. The highest BCUT2D eigenvalue weighted by Crippen LogP contribution is 2.35. The van der Waals surface area contributed by atoms with Crippen molar-refractivity contribution in [3.05, 3.63) is 83.6 Å². The molecule has 0 saturated heterocycles. The van der Waals surface area contributed by atoms with Crippen LogP contribution in [0.3, 0.4) is 0 Å². The molecule has 3 aromatic carbocycles. The molecule has 4 N–H and O–H groups in total. The number of nitrogens with two attached hydrogens (primary N) is 1. The van der Waals surface area contributed by atoms with Crippen molar-refractivity contribution in [3.8, 4) is 16.9 Å². The minimum Gasteiger partial charge on any atom is -0.487 e. The number of amidine groups is 1. The van der Waals surface area contributed by atoms with Gasteiger partial charge in [-0.15, -0.1) is 0 Å². The van der Waals surface area contributed by atoms with Crippen molar-refractivity contribution in [2.75, 3.05) is 0 Å². The third kappa shape index (κ3) is 4.75. The van der Waals surface area contributed by atoms with Gasteiger partial charge in [0.25, 0.3) is 0 Å². The van der Waals surface area contributed by atoms with Crippen LogP contribution in [0.25, 0.3) is 22.0 Å². The molecule has 0 bridgehead atoms. The zero-order valence-corrected chi connectivity index (χ0v) is 19.4. The number of rotatable bonds is 8. The molecule has 1 fully saturated rings. The third-order valence-corrected chi connectivity index (χ3v) is 6.66. The summed E-state index contributed by atoms with van der Waals surface area (Å²) >= 11 is 0. The van der Waals surface area contributed by atoms with E-state index in [0.29, 0.717) is 29.5 Å². The molecule has 1 aliphatic rings. The monoisotopic (exact) mass is 468 g/mol. The van der Waals surface area contributed by atoms with E-state index in [9.17, 15) is 9.90 Å². The first kappa shape index (κ1) is 22.7. The molecule has 5 rings (SSSR count). The van der Waals surface area contributed by atoms with Gasteiger partial charge < -0.3 is 15.6 Å². The van der Waals surface area contributed by atoms with Crippen molar-refractivity contribution in [1.29, 1.82) is 5.41 Å². The van der Waals surface area contributed by atoms with Crippen LogP contribution in [0.4, 0.5) is 0 Å². The maximum absolute atomic E-state index is 11.3. The summed E-state index contributed by atoms with van der Waals surface area (Å²) < 4.78 is 8.34. The molecule has 7 nitrogen and oxygen atoms in total. The summed E-state index contributed by atoms with van der Waals surface area (Å²) in [5, 5.41) is 23.0. The molecule has 0 spiro atoms. The van der Waals surface area contributed by atoms with E-state index < -0.39 is 5.97 Å². The lowest BCUT2D eigenvalue weighted by Gasteiger charge is -2.16. The second-order valence-electron chi connectivity index (χ2n) is 9.02. The third-order valence-electron chi connectivity index (χ3n) is 6.66. The van der Waals surface area contributed by atoms with Crippen molar-refractivity contribution in [2.24, 2.45) is 5.73 Å². The number of hydrogen-bond acceptors (Lipinski definition) is 4. The largest absolute Gasteiger partial charge is 0.487 e. The van der Waals surface area contributed by atoms with Crippen LogP contribution in [0.1, 0.15) is 48.5 Å². The Kier molecular flexibility index (Phi) is 6.23. The minimum absolute atomic E-state index is 0.0381. The van der Waals surface area contributed by atoms with Crippen LogP contribution < -0.4 is 10.5 Å². The lowest BCUT2D eigenvalue weighted by atomic mass is 10.0. The summed E-state index contributed by atoms with van der Waals surface area (Å²) in [6.45, 7) is 0.292. The first-order valence-corrected chi connectivity index (χ1v) is 11.9. The molecule has 1 aromatic heterocycles. The second kappa shape index (κ2) is 9.62. The van der Waals surface area contributed by atoms with Gasteiger partial charge in [-0.1, -0.05) is 55.3 Å². The van der Waals surface area contributed by atoms with Gasteiger partial charge in [-0.25, -0.2) is 0 Å². The van der Waals surface area contributed by atoms with Crippen molar-refractivity contribution < 1.29 is 14.6 Å². The number of ether oxygens (including phenoxy) is 1. The average molecular weight is 469 g/mol. The Hall–Kier alpha value is -4.13. The van der Waals surface area contributed by atoms with Gasteiger partial charge in [0, 0.05) is 16.5 Å². The molecule has 0 radical (unpaired) electrons. The van der Waals surface area contributed by atoms with Gasteiger partial charge in [0.1, 0.15) is 18.2 Å². The minimum atomic E-state index is -0.889. The normalized spacial score (nSPS) is 13.8. The van der Waals surface area contributed by atoms with E-state index in [0.717, 1.165) is 40.6 Å². The SMILES string of the molecule is N=C(N)c1cccc(-c2ccc3nn(C4CCCC4)c(COc4ccccc4CC(=O)O)c3c2)c1. The van der Waals surface area contributed by atoms with Crippen molar-refractivity contribution in [3.63, 3.8) is 0 Å². The quantitative estimate of drug-likeness (QED) is 0.240. The number of fused-ring (bicyclic) bond motifs is 1. The highest BCUT2D eigenvalue weighted by atomic mass is 16.5. The summed E-state index contributed by atoms with van der Waals surface area (Å²) in [5.74, 6) is -0.274. The standard InChI is InChI=1S/C28H28N4O3/c29-28(30)21-8-5-7-18(14-21)19-12-13-24-23(15-19)25(32(31-24)22-9-2-3-10-22)17-35-26-11-4-1-6-20(26)16-27(33)34/h1,4-8,11-15,22H,2-3,9-10,16-17H2,(H3,29,30)(H,33,34). The Morgan fingerprint density at radius 2 is 1.83 bits per heavy atom. The van der Waals surface area contributed by atoms with E-state index >= 15 is 0 Å². The molecule has 0 atom stereocenters. The highest BCUT2D eigenvalue weighted by molar-refractivity contribution is 5.96. The van der Waals surface area contributed by atoms with Gasteiger partial charge >= 0.3 is 5.97 Å². The van der Waals surface area contributed by atoms with E-state index in [1.165, 1.54) is 12.8 Å². The topological polar surface area (TPSA) is 114 Å². The van der Waals surface area contributed by atoms with Crippen LogP contribution in [-0.2, 0) is 17.8 Å². The van der Waals surface area contributed by atoms with Crippen LogP contribution in [0, 0.1) is 5.41 Å². The Bertz CT molecular complexity index is 1400. The number of benzene rings is 3. The van der Waals surface area contributed by atoms with Crippen LogP contribution >= 0.6 is 0 Å². The number of hydrogen-bond donors (Lipinski definition) is 3.